The normalized spacial score (nSPS) is 12.2. The average Bonchev–Trinajstić information content (AvgIpc) is 3.02. The highest BCUT2D eigenvalue weighted by molar-refractivity contribution is 14.0. The van der Waals surface area contributed by atoms with E-state index in [1.54, 1.807) is 5.51 Å². The Balaban J connectivity index is 0.00000625. The highest BCUT2D eigenvalue weighted by Gasteiger charge is 2.11. The first-order chi connectivity index (χ1) is 12.1. The molecule has 0 aromatic carbocycles. The predicted molar refractivity (Wildman–Crippen MR) is 119 cm³/mol. The van der Waals surface area contributed by atoms with Gasteiger partial charge in [-0.3, -0.25) is 9.79 Å². The third-order valence-corrected chi connectivity index (χ3v) is 4.67. The van der Waals surface area contributed by atoms with Crippen LogP contribution in [0.25, 0.3) is 0 Å². The number of carbonyl (C=O) groups excluding carboxylic acids is 1. The van der Waals surface area contributed by atoms with Crippen molar-refractivity contribution in [1.29, 1.82) is 0 Å². The van der Waals surface area contributed by atoms with E-state index in [4.69, 9.17) is 5.11 Å². The summed E-state index contributed by atoms with van der Waals surface area (Å²) in [4.78, 5) is 21.4. The number of amides is 1. The van der Waals surface area contributed by atoms with E-state index in [0.29, 0.717) is 30.4 Å². The van der Waals surface area contributed by atoms with Crippen LogP contribution in [0.4, 0.5) is 0 Å². The minimum Gasteiger partial charge on any atom is -0.396 e. The van der Waals surface area contributed by atoms with Gasteiger partial charge < -0.3 is 21.1 Å². The number of hydrogen-bond acceptors (Lipinski definition) is 5. The fourth-order valence-corrected chi connectivity index (χ4v) is 3.16. The van der Waals surface area contributed by atoms with Crippen molar-refractivity contribution >= 4 is 47.2 Å². The van der Waals surface area contributed by atoms with Gasteiger partial charge in [-0.2, -0.15) is 0 Å². The van der Waals surface area contributed by atoms with Gasteiger partial charge in [0.05, 0.1) is 11.2 Å². The largest absolute Gasteiger partial charge is 0.396 e. The van der Waals surface area contributed by atoms with Crippen molar-refractivity contribution in [2.75, 3.05) is 32.8 Å². The van der Waals surface area contributed by atoms with Crippen LogP contribution in [0.15, 0.2) is 10.5 Å². The van der Waals surface area contributed by atoms with Crippen LogP contribution >= 0.6 is 35.3 Å². The monoisotopic (exact) mass is 497 g/mol. The first kappa shape index (κ1) is 25.1. The number of thiazole rings is 1. The molecule has 0 aliphatic heterocycles. The molecule has 150 valence electrons. The lowest BCUT2D eigenvalue weighted by Gasteiger charge is -2.15. The summed E-state index contributed by atoms with van der Waals surface area (Å²) in [6, 6.07) is 0. The number of carbonyl (C=O) groups is 1. The Labute approximate surface area is 177 Å². The molecule has 1 amide bonds. The molecule has 7 nitrogen and oxygen atoms in total. The molecule has 0 aliphatic carbocycles. The molecule has 4 N–H and O–H groups in total. The van der Waals surface area contributed by atoms with Crippen LogP contribution in [-0.2, 0) is 0 Å². The third kappa shape index (κ3) is 9.67. The lowest BCUT2D eigenvalue weighted by atomic mass is 10.0. The van der Waals surface area contributed by atoms with E-state index >= 15 is 0 Å². The van der Waals surface area contributed by atoms with Crippen LogP contribution in [0.3, 0.4) is 0 Å². The maximum Gasteiger partial charge on any atom is 0.263 e. The predicted octanol–water partition coefficient (Wildman–Crippen LogP) is 2.15. The van der Waals surface area contributed by atoms with Crippen LogP contribution in [0.1, 0.15) is 48.5 Å². The lowest BCUT2D eigenvalue weighted by Crippen LogP contribution is -2.41. The minimum absolute atomic E-state index is 0. The standard InChI is InChI=1S/C17H31N5O2S.HI/c1-4-6-14(7-10-23)11-21-17(18-5-2)20-9-8-19-16(24)15-13(3)22-12-25-15;/h12,14,23H,4-11H2,1-3H3,(H,19,24)(H2,18,20,21);1H. The minimum atomic E-state index is -0.0882. The van der Waals surface area contributed by atoms with Crippen LogP contribution in [-0.4, -0.2) is 54.7 Å². The number of nitrogens with one attached hydrogen (secondary N) is 3. The van der Waals surface area contributed by atoms with Gasteiger partial charge in [0.2, 0.25) is 0 Å². The molecule has 1 rings (SSSR count). The van der Waals surface area contributed by atoms with E-state index in [9.17, 15) is 4.79 Å². The molecule has 1 heterocycles. The second kappa shape index (κ2) is 15.2. The molecule has 0 bridgehead atoms. The molecule has 1 aromatic rings. The molecule has 1 atom stereocenters. The smallest absolute Gasteiger partial charge is 0.263 e. The summed E-state index contributed by atoms with van der Waals surface area (Å²) >= 11 is 1.35. The number of guanidine groups is 1. The average molecular weight is 497 g/mol. The molecular formula is C17H32IN5O2S. The molecule has 9 heteroatoms. The molecule has 0 aliphatic rings. The molecular weight excluding hydrogens is 465 g/mol. The number of hydrogen-bond donors (Lipinski definition) is 4. The van der Waals surface area contributed by atoms with Gasteiger partial charge >= 0.3 is 0 Å². The van der Waals surface area contributed by atoms with Crippen molar-refractivity contribution < 1.29 is 9.90 Å². The van der Waals surface area contributed by atoms with Crippen molar-refractivity contribution in [1.82, 2.24) is 20.9 Å². The number of rotatable bonds is 11. The number of aliphatic hydroxyl groups excluding tert-OH is 1. The number of aromatic nitrogens is 1. The maximum atomic E-state index is 12.0. The summed E-state index contributed by atoms with van der Waals surface area (Å²) < 4.78 is 0. The van der Waals surface area contributed by atoms with E-state index in [0.717, 1.165) is 37.5 Å². The number of nitrogens with zero attached hydrogens (tertiary/aromatic N) is 2. The zero-order valence-corrected chi connectivity index (χ0v) is 19.0. The molecule has 26 heavy (non-hydrogen) atoms. The van der Waals surface area contributed by atoms with E-state index in [-0.39, 0.29) is 36.5 Å². The third-order valence-electron chi connectivity index (χ3n) is 3.74. The van der Waals surface area contributed by atoms with Gasteiger partial charge in [0.15, 0.2) is 5.96 Å². The first-order valence-corrected chi connectivity index (χ1v) is 9.81. The van der Waals surface area contributed by atoms with E-state index < -0.39 is 0 Å². The fourth-order valence-electron chi connectivity index (χ4n) is 2.44. The molecule has 0 saturated carbocycles. The van der Waals surface area contributed by atoms with Gasteiger partial charge in [-0.15, -0.1) is 35.3 Å². The van der Waals surface area contributed by atoms with E-state index in [1.165, 1.54) is 11.3 Å². The summed E-state index contributed by atoms with van der Waals surface area (Å²) in [5, 5.41) is 18.4. The molecule has 1 unspecified atom stereocenters. The fraction of sp³-hybridized carbons (Fsp3) is 0.706. The SMILES string of the molecule is CCCC(CCO)CN=C(NCC)NCCNC(=O)c1scnc1C.I. The van der Waals surface area contributed by atoms with Crippen LogP contribution in [0.5, 0.6) is 0 Å². The van der Waals surface area contributed by atoms with Gasteiger partial charge in [-0.1, -0.05) is 13.3 Å². The zero-order valence-electron chi connectivity index (χ0n) is 15.9. The summed E-state index contributed by atoms with van der Waals surface area (Å²) in [6.45, 7) is 8.76. The van der Waals surface area contributed by atoms with E-state index in [2.05, 4.69) is 32.9 Å². The van der Waals surface area contributed by atoms with Crippen molar-refractivity contribution in [3.05, 3.63) is 16.1 Å². The zero-order chi connectivity index (χ0) is 18.5. The highest BCUT2D eigenvalue weighted by Crippen LogP contribution is 2.11. The number of halogens is 1. The molecule has 0 radical (unpaired) electrons. The van der Waals surface area contributed by atoms with Gasteiger partial charge in [0.1, 0.15) is 4.88 Å². The van der Waals surface area contributed by atoms with Gasteiger partial charge in [0, 0.05) is 32.8 Å². The van der Waals surface area contributed by atoms with Crippen molar-refractivity contribution in [2.24, 2.45) is 10.9 Å². The highest BCUT2D eigenvalue weighted by atomic mass is 127. The Kier molecular flexibility index (Phi) is 14.6. The van der Waals surface area contributed by atoms with Crippen molar-refractivity contribution in [2.45, 2.75) is 40.0 Å². The number of aryl methyl sites for hydroxylation is 1. The topological polar surface area (TPSA) is 98.6 Å². The van der Waals surface area contributed by atoms with Gasteiger partial charge in [0.25, 0.3) is 5.91 Å². The Morgan fingerprint density at radius 2 is 2.00 bits per heavy atom. The van der Waals surface area contributed by atoms with Gasteiger partial charge in [-0.25, -0.2) is 4.98 Å². The number of aliphatic imine (C=N–C) groups is 1. The van der Waals surface area contributed by atoms with Crippen LogP contribution in [0.2, 0.25) is 0 Å². The Morgan fingerprint density at radius 3 is 2.58 bits per heavy atom. The second-order valence-corrected chi connectivity index (χ2v) is 6.69. The molecule has 0 spiro atoms. The Bertz CT molecular complexity index is 533. The molecule has 1 aromatic heterocycles. The summed E-state index contributed by atoms with van der Waals surface area (Å²) in [5.41, 5.74) is 2.44. The summed E-state index contributed by atoms with van der Waals surface area (Å²) in [7, 11) is 0. The summed E-state index contributed by atoms with van der Waals surface area (Å²) in [6.07, 6.45) is 2.93. The molecule has 0 saturated heterocycles. The maximum absolute atomic E-state index is 12.0. The van der Waals surface area contributed by atoms with Crippen LogP contribution < -0.4 is 16.0 Å². The van der Waals surface area contributed by atoms with Gasteiger partial charge in [-0.05, 0) is 32.6 Å². The lowest BCUT2D eigenvalue weighted by molar-refractivity contribution is 0.0957. The molecule has 0 fully saturated rings. The quantitative estimate of drug-likeness (QED) is 0.163. The first-order valence-electron chi connectivity index (χ1n) is 8.93. The summed E-state index contributed by atoms with van der Waals surface area (Å²) in [5.74, 6) is 1.05. The van der Waals surface area contributed by atoms with Crippen molar-refractivity contribution in [3.63, 3.8) is 0 Å². The second-order valence-electron chi connectivity index (χ2n) is 5.84. The Morgan fingerprint density at radius 1 is 1.27 bits per heavy atom. The van der Waals surface area contributed by atoms with E-state index in [1.807, 2.05) is 13.8 Å². The Hall–Kier alpha value is -0.940. The van der Waals surface area contributed by atoms with Crippen LogP contribution in [0, 0.1) is 12.8 Å². The van der Waals surface area contributed by atoms with Crippen molar-refractivity contribution in [3.8, 4) is 0 Å². The number of aliphatic hydroxyl groups is 1.